The van der Waals surface area contributed by atoms with E-state index in [1.807, 2.05) is 36.2 Å². The minimum atomic E-state index is -0.784. The largest absolute Gasteiger partial charge is 0.481 e. The molecule has 0 saturated heterocycles. The van der Waals surface area contributed by atoms with Gasteiger partial charge >= 0.3 is 5.97 Å². The average molecular weight is 355 g/mol. The highest BCUT2D eigenvalue weighted by Crippen LogP contribution is 2.32. The number of fused-ring (bicyclic) bond motifs is 3. The van der Waals surface area contributed by atoms with Crippen molar-refractivity contribution in [3.05, 3.63) is 24.3 Å². The van der Waals surface area contributed by atoms with E-state index in [0.29, 0.717) is 30.2 Å². The van der Waals surface area contributed by atoms with E-state index in [1.54, 1.807) is 0 Å². The summed E-state index contributed by atoms with van der Waals surface area (Å²) in [6.45, 7) is 5.72. The lowest BCUT2D eigenvalue weighted by Gasteiger charge is -2.21. The van der Waals surface area contributed by atoms with Crippen molar-refractivity contribution in [2.45, 2.75) is 33.2 Å². The van der Waals surface area contributed by atoms with Gasteiger partial charge in [-0.3, -0.25) is 4.79 Å². The molecule has 0 aliphatic rings. The molecule has 7 nitrogen and oxygen atoms in total. The first kappa shape index (κ1) is 18.0. The van der Waals surface area contributed by atoms with E-state index in [1.165, 1.54) is 0 Å². The van der Waals surface area contributed by atoms with Crippen molar-refractivity contribution in [3.8, 4) is 0 Å². The Labute approximate surface area is 152 Å². The second-order valence-electron chi connectivity index (χ2n) is 7.05. The van der Waals surface area contributed by atoms with Crippen molar-refractivity contribution in [3.63, 3.8) is 0 Å². The van der Waals surface area contributed by atoms with Gasteiger partial charge in [-0.1, -0.05) is 32.0 Å². The maximum atomic E-state index is 10.8. The van der Waals surface area contributed by atoms with Crippen LogP contribution in [0.1, 0.15) is 26.7 Å². The van der Waals surface area contributed by atoms with Crippen LogP contribution < -0.4 is 10.6 Å². The average Bonchev–Trinajstić information content (AvgIpc) is 2.94. The Bertz CT molecular complexity index is 948. The van der Waals surface area contributed by atoms with Crippen molar-refractivity contribution < 1.29 is 9.90 Å². The van der Waals surface area contributed by atoms with E-state index in [2.05, 4.69) is 23.4 Å². The number of hydrogen-bond donors (Lipinski definition) is 2. The molecule has 0 unspecified atom stereocenters. The molecule has 0 radical (unpaired) electrons. The molecule has 0 aliphatic carbocycles. The number of anilines is 2. The number of para-hydroxylation sites is 1. The summed E-state index contributed by atoms with van der Waals surface area (Å²) in [6, 6.07) is 7.93. The number of nitrogen functional groups attached to an aromatic ring is 1. The first-order chi connectivity index (χ1) is 12.4. The molecule has 0 fully saturated rings. The Balaban J connectivity index is 2.14. The van der Waals surface area contributed by atoms with Crippen molar-refractivity contribution in [2.24, 2.45) is 5.92 Å². The number of aromatic nitrogens is 3. The number of rotatable bonds is 7. The van der Waals surface area contributed by atoms with Crippen molar-refractivity contribution in [2.75, 3.05) is 24.2 Å². The van der Waals surface area contributed by atoms with Gasteiger partial charge in [0.05, 0.1) is 11.0 Å². The lowest BCUT2D eigenvalue weighted by Crippen LogP contribution is -2.24. The number of aliphatic carboxylic acids is 1. The van der Waals surface area contributed by atoms with Crippen LogP contribution in [-0.4, -0.2) is 39.2 Å². The van der Waals surface area contributed by atoms with Gasteiger partial charge in [0, 0.05) is 31.9 Å². The van der Waals surface area contributed by atoms with Crippen LogP contribution in [-0.2, 0) is 11.3 Å². The molecule has 3 rings (SSSR count). The lowest BCUT2D eigenvalue weighted by molar-refractivity contribution is -0.137. The highest BCUT2D eigenvalue weighted by molar-refractivity contribution is 6.07. The van der Waals surface area contributed by atoms with Crippen LogP contribution in [0, 0.1) is 5.92 Å². The number of nitrogens with two attached hydrogens (primary N) is 1. The predicted octanol–water partition coefficient (Wildman–Crippen LogP) is 3.12. The van der Waals surface area contributed by atoms with Gasteiger partial charge in [0.15, 0.2) is 5.82 Å². The van der Waals surface area contributed by atoms with E-state index in [4.69, 9.17) is 15.8 Å². The van der Waals surface area contributed by atoms with Crippen LogP contribution in [0.2, 0.25) is 0 Å². The Morgan fingerprint density at radius 3 is 2.73 bits per heavy atom. The molecule has 0 bridgehead atoms. The molecular weight excluding hydrogens is 330 g/mol. The SMILES string of the molecule is CC(C)Cn1c(N(C)CCCC(=O)O)nc2c(N)nc3ccccc3c21. The second-order valence-corrected chi connectivity index (χ2v) is 7.05. The number of hydrogen-bond acceptors (Lipinski definition) is 5. The third-order valence-corrected chi connectivity index (χ3v) is 4.36. The highest BCUT2D eigenvalue weighted by Gasteiger charge is 2.20. The Morgan fingerprint density at radius 1 is 1.31 bits per heavy atom. The fourth-order valence-corrected chi connectivity index (χ4v) is 3.24. The summed E-state index contributed by atoms with van der Waals surface area (Å²) in [5.41, 5.74) is 8.73. The topological polar surface area (TPSA) is 97.3 Å². The van der Waals surface area contributed by atoms with Gasteiger partial charge in [-0.25, -0.2) is 9.97 Å². The van der Waals surface area contributed by atoms with Gasteiger partial charge in [-0.05, 0) is 18.4 Å². The van der Waals surface area contributed by atoms with Crippen molar-refractivity contribution >= 4 is 39.7 Å². The van der Waals surface area contributed by atoms with Gasteiger partial charge in [-0.2, -0.15) is 0 Å². The number of pyridine rings is 1. The second kappa shape index (κ2) is 7.19. The number of nitrogens with zero attached hydrogens (tertiary/aromatic N) is 4. The maximum absolute atomic E-state index is 10.8. The smallest absolute Gasteiger partial charge is 0.303 e. The number of benzene rings is 1. The molecule has 3 N–H and O–H groups in total. The van der Waals surface area contributed by atoms with Gasteiger partial charge in [0.25, 0.3) is 0 Å². The number of carbonyl (C=O) groups is 1. The molecule has 0 aliphatic heterocycles. The summed E-state index contributed by atoms with van der Waals surface area (Å²) in [7, 11) is 1.94. The number of carboxylic acid groups (broad SMARTS) is 1. The van der Waals surface area contributed by atoms with E-state index < -0.39 is 5.97 Å². The number of imidazole rings is 1. The maximum Gasteiger partial charge on any atom is 0.303 e. The zero-order valence-corrected chi connectivity index (χ0v) is 15.4. The Morgan fingerprint density at radius 2 is 2.04 bits per heavy atom. The fraction of sp³-hybridized carbons (Fsp3) is 0.421. The minimum Gasteiger partial charge on any atom is -0.481 e. The lowest BCUT2D eigenvalue weighted by atomic mass is 10.1. The summed E-state index contributed by atoms with van der Waals surface area (Å²) < 4.78 is 2.18. The molecule has 7 heteroatoms. The van der Waals surface area contributed by atoms with Crippen molar-refractivity contribution in [1.82, 2.24) is 14.5 Å². The van der Waals surface area contributed by atoms with E-state index in [-0.39, 0.29) is 6.42 Å². The van der Waals surface area contributed by atoms with Gasteiger partial charge < -0.3 is 20.3 Å². The number of carboxylic acids is 1. The third kappa shape index (κ3) is 3.42. The van der Waals surface area contributed by atoms with E-state index in [9.17, 15) is 4.79 Å². The highest BCUT2D eigenvalue weighted by atomic mass is 16.4. The molecule has 26 heavy (non-hydrogen) atoms. The normalized spacial score (nSPS) is 11.5. The summed E-state index contributed by atoms with van der Waals surface area (Å²) in [5, 5.41) is 9.90. The van der Waals surface area contributed by atoms with Crippen LogP contribution in [0.4, 0.5) is 11.8 Å². The van der Waals surface area contributed by atoms with Crippen LogP contribution in [0.15, 0.2) is 24.3 Å². The first-order valence-corrected chi connectivity index (χ1v) is 8.86. The van der Waals surface area contributed by atoms with Crippen LogP contribution in [0.25, 0.3) is 21.9 Å². The molecule has 0 spiro atoms. The summed E-state index contributed by atoms with van der Waals surface area (Å²) in [5.74, 6) is 0.852. The molecule has 138 valence electrons. The standard InChI is InChI=1S/C19H25N5O2/c1-12(2)11-24-17-13-7-4-5-8-14(13)21-18(20)16(17)22-19(24)23(3)10-6-9-15(25)26/h4-5,7-8,12H,6,9-11H2,1-3H3,(H2,20,21)(H,25,26). The summed E-state index contributed by atoms with van der Waals surface area (Å²) in [4.78, 5) is 22.1. The molecule has 2 aromatic heterocycles. The molecule has 0 amide bonds. The quantitative estimate of drug-likeness (QED) is 0.676. The van der Waals surface area contributed by atoms with Gasteiger partial charge in [-0.15, -0.1) is 0 Å². The predicted molar refractivity (Wildman–Crippen MR) is 104 cm³/mol. The molecule has 1 aromatic carbocycles. The zero-order valence-electron chi connectivity index (χ0n) is 15.4. The van der Waals surface area contributed by atoms with Crippen LogP contribution in [0.5, 0.6) is 0 Å². The van der Waals surface area contributed by atoms with E-state index >= 15 is 0 Å². The third-order valence-electron chi connectivity index (χ3n) is 4.36. The molecular formula is C19H25N5O2. The molecule has 2 heterocycles. The van der Waals surface area contributed by atoms with Crippen LogP contribution >= 0.6 is 0 Å². The van der Waals surface area contributed by atoms with Gasteiger partial charge in [0.2, 0.25) is 5.95 Å². The van der Waals surface area contributed by atoms with Gasteiger partial charge in [0.1, 0.15) is 5.52 Å². The summed E-state index contributed by atoms with van der Waals surface area (Å²) >= 11 is 0. The molecule has 3 aromatic rings. The molecule has 0 atom stereocenters. The fourth-order valence-electron chi connectivity index (χ4n) is 3.24. The minimum absolute atomic E-state index is 0.140. The van der Waals surface area contributed by atoms with Crippen molar-refractivity contribution in [1.29, 1.82) is 0 Å². The summed E-state index contributed by atoms with van der Waals surface area (Å²) in [6.07, 6.45) is 0.701. The van der Waals surface area contributed by atoms with Crippen LogP contribution in [0.3, 0.4) is 0 Å². The van der Waals surface area contributed by atoms with E-state index in [0.717, 1.165) is 28.9 Å². The molecule has 0 saturated carbocycles. The first-order valence-electron chi connectivity index (χ1n) is 8.86. The Hall–Kier alpha value is -2.83. The zero-order chi connectivity index (χ0) is 18.8. The Kier molecular flexibility index (Phi) is 4.97. The monoisotopic (exact) mass is 355 g/mol.